The fourth-order valence-corrected chi connectivity index (χ4v) is 7.26. The number of benzene rings is 2. The Kier molecular flexibility index (Phi) is 7.60. The number of rotatable bonds is 11. The number of carbonyl (C=O) groups excluding carboxylic acids is 1. The van der Waals surface area contributed by atoms with Crippen molar-refractivity contribution in [1.82, 2.24) is 4.57 Å². The van der Waals surface area contributed by atoms with Crippen molar-refractivity contribution in [3.8, 4) is 5.75 Å². The zero-order valence-electron chi connectivity index (χ0n) is 21.5. The highest BCUT2D eigenvalue weighted by Crippen LogP contribution is 2.52. The highest BCUT2D eigenvalue weighted by atomic mass is 16.5. The Hall–Kier alpha value is -2.55. The fraction of sp³-hybridized carbons (Fsp3) is 0.531. The summed E-state index contributed by atoms with van der Waals surface area (Å²) in [5.41, 5.74) is 2.57. The predicted octanol–water partition coefficient (Wildman–Crippen LogP) is 8.29. The summed E-state index contributed by atoms with van der Waals surface area (Å²) in [5, 5.41) is 0.992. The molecule has 2 aliphatic rings. The number of unbranched alkanes of at least 4 members (excludes halogenated alkanes) is 2. The van der Waals surface area contributed by atoms with Gasteiger partial charge in [0.1, 0.15) is 5.75 Å². The quantitative estimate of drug-likeness (QED) is 0.208. The number of hydrogen-bond donors (Lipinski definition) is 0. The van der Waals surface area contributed by atoms with E-state index in [9.17, 15) is 4.79 Å². The third-order valence-electron chi connectivity index (χ3n) is 8.91. The smallest absolute Gasteiger partial charge is 0.195 e. The van der Waals surface area contributed by atoms with Crippen LogP contribution in [0.4, 0.5) is 0 Å². The summed E-state index contributed by atoms with van der Waals surface area (Å²) in [6.45, 7) is 3.25. The normalized spacial score (nSPS) is 23.6. The number of ether oxygens (including phenoxy) is 1. The molecule has 3 nitrogen and oxygen atoms in total. The summed E-state index contributed by atoms with van der Waals surface area (Å²) in [5.74, 6) is 4.73. The Bertz CT molecular complexity index is 1120. The fourth-order valence-electron chi connectivity index (χ4n) is 7.26. The summed E-state index contributed by atoms with van der Waals surface area (Å²) in [4.78, 5) is 13.4. The van der Waals surface area contributed by atoms with Gasteiger partial charge in [0, 0.05) is 29.3 Å². The van der Waals surface area contributed by atoms with Crippen molar-refractivity contribution in [3.05, 3.63) is 65.9 Å². The number of hydrogen-bond acceptors (Lipinski definition) is 2. The van der Waals surface area contributed by atoms with E-state index >= 15 is 0 Å². The lowest BCUT2D eigenvalue weighted by molar-refractivity contribution is 0.104. The van der Waals surface area contributed by atoms with Crippen molar-refractivity contribution in [2.75, 3.05) is 7.11 Å². The summed E-state index contributed by atoms with van der Waals surface area (Å²) in [6, 6.07) is 15.7. The molecule has 0 N–H and O–H groups in total. The molecule has 2 aromatic carbocycles. The number of carbonyl (C=O) groups is 1. The van der Waals surface area contributed by atoms with Crippen LogP contribution in [0.5, 0.6) is 5.75 Å². The molecule has 2 bridgehead atoms. The second kappa shape index (κ2) is 11.0. The van der Waals surface area contributed by atoms with Crippen LogP contribution in [0.3, 0.4) is 0 Å². The van der Waals surface area contributed by atoms with Crippen molar-refractivity contribution in [1.29, 1.82) is 0 Å². The molecule has 2 unspecified atom stereocenters. The molecule has 2 fully saturated rings. The van der Waals surface area contributed by atoms with Gasteiger partial charge in [-0.1, -0.05) is 75.1 Å². The van der Waals surface area contributed by atoms with Crippen molar-refractivity contribution >= 4 is 16.7 Å². The zero-order valence-corrected chi connectivity index (χ0v) is 21.5. The highest BCUT2D eigenvalue weighted by Gasteiger charge is 2.41. The maximum absolute atomic E-state index is 13.4. The molecule has 2 aliphatic carbocycles. The third kappa shape index (κ3) is 5.06. The van der Waals surface area contributed by atoms with E-state index in [1.54, 1.807) is 7.11 Å². The van der Waals surface area contributed by atoms with Gasteiger partial charge in [0.2, 0.25) is 0 Å². The first kappa shape index (κ1) is 24.2. The first-order valence-electron chi connectivity index (χ1n) is 13.9. The lowest BCUT2D eigenvalue weighted by Crippen LogP contribution is -2.26. The van der Waals surface area contributed by atoms with Gasteiger partial charge in [0.15, 0.2) is 5.78 Å². The number of fused-ring (bicyclic) bond motifs is 3. The van der Waals surface area contributed by atoms with Gasteiger partial charge in [-0.05, 0) is 68.3 Å². The minimum Gasteiger partial charge on any atom is -0.495 e. The maximum Gasteiger partial charge on any atom is 0.195 e. The largest absolute Gasteiger partial charge is 0.495 e. The van der Waals surface area contributed by atoms with Crippen LogP contribution in [0.1, 0.15) is 87.1 Å². The molecule has 186 valence electrons. The first-order chi connectivity index (χ1) is 17.2. The van der Waals surface area contributed by atoms with Gasteiger partial charge in [0.25, 0.3) is 0 Å². The monoisotopic (exact) mass is 471 g/mol. The zero-order chi connectivity index (χ0) is 24.2. The first-order valence-corrected chi connectivity index (χ1v) is 13.9. The minimum absolute atomic E-state index is 0.0852. The molecule has 35 heavy (non-hydrogen) atoms. The molecule has 2 saturated carbocycles. The third-order valence-corrected chi connectivity index (χ3v) is 8.91. The van der Waals surface area contributed by atoms with Crippen molar-refractivity contribution < 1.29 is 9.53 Å². The van der Waals surface area contributed by atoms with Gasteiger partial charge in [-0.2, -0.15) is 0 Å². The molecule has 3 aromatic rings. The average molecular weight is 472 g/mol. The molecule has 0 amide bonds. The Morgan fingerprint density at radius 2 is 1.71 bits per heavy atom. The molecular formula is C32H41NO2. The summed E-state index contributed by atoms with van der Waals surface area (Å²) < 4.78 is 8.01. The number of ketones is 1. The summed E-state index contributed by atoms with van der Waals surface area (Å²) >= 11 is 0. The molecule has 0 radical (unpaired) electrons. The van der Waals surface area contributed by atoms with E-state index in [4.69, 9.17) is 4.74 Å². The number of methoxy groups -OCH3 is 1. The minimum atomic E-state index is 0.0852. The molecule has 3 heteroatoms. The highest BCUT2D eigenvalue weighted by molar-refractivity contribution is 6.17. The molecular weight excluding hydrogens is 430 g/mol. The van der Waals surface area contributed by atoms with E-state index in [0.717, 1.165) is 58.0 Å². The second-order valence-electron chi connectivity index (χ2n) is 11.0. The van der Waals surface area contributed by atoms with Crippen LogP contribution in [-0.2, 0) is 6.54 Å². The second-order valence-corrected chi connectivity index (χ2v) is 11.0. The van der Waals surface area contributed by atoms with Crippen molar-refractivity contribution in [2.45, 2.75) is 77.7 Å². The number of nitrogens with zero attached hydrogens (tertiary/aromatic N) is 1. The van der Waals surface area contributed by atoms with Crippen molar-refractivity contribution in [3.63, 3.8) is 0 Å². The van der Waals surface area contributed by atoms with Gasteiger partial charge in [-0.25, -0.2) is 0 Å². The molecule has 0 aliphatic heterocycles. The standard InChI is InChI=1S/C32H41NO2/c1-3-4-6-11-23-20-25-17-18-26(21-23)27(25)15-10-19-33-22-29(32(34)24-12-7-5-8-13-24)28-14-9-16-30(35-2)31(28)33/h5,7-9,12-14,16,22-23,25-27H,3-4,6,10-11,15,17-21H2,1-2H3. The Morgan fingerprint density at radius 3 is 2.43 bits per heavy atom. The van der Waals surface area contributed by atoms with Crippen molar-refractivity contribution in [2.24, 2.45) is 23.7 Å². The molecule has 1 heterocycles. The van der Waals surface area contributed by atoms with E-state index in [-0.39, 0.29) is 5.78 Å². The molecule has 2 atom stereocenters. The van der Waals surface area contributed by atoms with Gasteiger partial charge < -0.3 is 9.30 Å². The van der Waals surface area contributed by atoms with Crippen LogP contribution in [-0.4, -0.2) is 17.5 Å². The van der Waals surface area contributed by atoms with Crippen LogP contribution >= 0.6 is 0 Å². The van der Waals surface area contributed by atoms with Crippen LogP contribution in [0.25, 0.3) is 10.9 Å². The van der Waals surface area contributed by atoms with E-state index in [2.05, 4.69) is 23.8 Å². The molecule has 5 rings (SSSR count). The van der Waals surface area contributed by atoms with Gasteiger partial charge >= 0.3 is 0 Å². The predicted molar refractivity (Wildman–Crippen MR) is 144 cm³/mol. The molecule has 0 spiro atoms. The van der Waals surface area contributed by atoms with Crippen LogP contribution in [0, 0.1) is 23.7 Å². The van der Waals surface area contributed by atoms with Crippen LogP contribution in [0.2, 0.25) is 0 Å². The lowest BCUT2D eigenvalue weighted by atomic mass is 9.70. The van der Waals surface area contributed by atoms with Crippen LogP contribution in [0.15, 0.2) is 54.7 Å². The van der Waals surface area contributed by atoms with E-state index in [1.165, 1.54) is 64.2 Å². The summed E-state index contributed by atoms with van der Waals surface area (Å²) in [6.07, 6.45) is 16.0. The number of para-hydroxylation sites is 1. The Labute approximate surface area is 210 Å². The van der Waals surface area contributed by atoms with E-state index < -0.39 is 0 Å². The van der Waals surface area contributed by atoms with Gasteiger partial charge in [-0.3, -0.25) is 4.79 Å². The number of aromatic nitrogens is 1. The maximum atomic E-state index is 13.4. The Balaban J connectivity index is 1.29. The van der Waals surface area contributed by atoms with Crippen LogP contribution < -0.4 is 4.74 Å². The Morgan fingerprint density at radius 1 is 0.943 bits per heavy atom. The van der Waals surface area contributed by atoms with E-state index in [0.29, 0.717) is 0 Å². The molecule has 0 saturated heterocycles. The topological polar surface area (TPSA) is 31.2 Å². The van der Waals surface area contributed by atoms with Gasteiger partial charge in [0.05, 0.1) is 12.6 Å². The lowest BCUT2D eigenvalue weighted by Gasteiger charge is -2.35. The van der Waals surface area contributed by atoms with Gasteiger partial charge in [-0.15, -0.1) is 0 Å². The number of aryl methyl sites for hydroxylation is 1. The SMILES string of the molecule is CCCCCC1CC2CCC(C1)C2CCCn1cc(C(=O)c2ccccc2)c2cccc(OC)c21. The van der Waals surface area contributed by atoms with E-state index in [1.807, 2.05) is 42.5 Å². The molecule has 1 aromatic heterocycles. The average Bonchev–Trinajstić information content (AvgIpc) is 3.37. The summed E-state index contributed by atoms with van der Waals surface area (Å²) in [7, 11) is 1.72.